The van der Waals surface area contributed by atoms with Crippen molar-refractivity contribution in [3.63, 3.8) is 0 Å². The Hall–Kier alpha value is -2.62. The van der Waals surface area contributed by atoms with Gasteiger partial charge < -0.3 is 10.4 Å². The van der Waals surface area contributed by atoms with Gasteiger partial charge in [0.15, 0.2) is 0 Å². The third-order valence-electron chi connectivity index (χ3n) is 4.35. The monoisotopic (exact) mass is 309 g/mol. The highest BCUT2D eigenvalue weighted by Crippen LogP contribution is 2.46. The van der Waals surface area contributed by atoms with Gasteiger partial charge in [-0.15, -0.1) is 0 Å². The summed E-state index contributed by atoms with van der Waals surface area (Å²) >= 11 is 0. The predicted molar refractivity (Wildman–Crippen MR) is 87.8 cm³/mol. The summed E-state index contributed by atoms with van der Waals surface area (Å²) in [6, 6.07) is 16.2. The third kappa shape index (κ3) is 3.11. The Bertz CT molecular complexity index is 745. The van der Waals surface area contributed by atoms with Crippen molar-refractivity contribution in [2.24, 2.45) is 5.41 Å². The Kier molecular flexibility index (Phi) is 3.90. The number of carboxylic acids is 1. The van der Waals surface area contributed by atoms with Gasteiger partial charge >= 0.3 is 5.97 Å². The molecule has 1 fully saturated rings. The molecule has 0 heterocycles. The van der Waals surface area contributed by atoms with E-state index in [0.29, 0.717) is 19.4 Å². The van der Waals surface area contributed by atoms with Crippen LogP contribution < -0.4 is 5.32 Å². The second-order valence-electron chi connectivity index (χ2n) is 6.14. The molecule has 0 aromatic heterocycles. The van der Waals surface area contributed by atoms with Crippen molar-refractivity contribution >= 4 is 11.9 Å². The van der Waals surface area contributed by atoms with E-state index in [9.17, 15) is 9.59 Å². The van der Waals surface area contributed by atoms with Crippen molar-refractivity contribution < 1.29 is 14.7 Å². The number of hydrogen-bond acceptors (Lipinski definition) is 2. The van der Waals surface area contributed by atoms with Crippen LogP contribution in [-0.2, 0) is 16.1 Å². The van der Waals surface area contributed by atoms with Crippen molar-refractivity contribution in [2.75, 3.05) is 0 Å². The Morgan fingerprint density at radius 3 is 2.35 bits per heavy atom. The number of benzene rings is 2. The van der Waals surface area contributed by atoms with E-state index in [1.807, 2.05) is 30.3 Å². The van der Waals surface area contributed by atoms with Crippen molar-refractivity contribution in [1.29, 1.82) is 0 Å². The van der Waals surface area contributed by atoms with E-state index in [1.54, 1.807) is 0 Å². The summed E-state index contributed by atoms with van der Waals surface area (Å²) in [7, 11) is 0. The summed E-state index contributed by atoms with van der Waals surface area (Å²) in [5.41, 5.74) is 3.26. The molecule has 0 aliphatic heterocycles. The van der Waals surface area contributed by atoms with E-state index in [-0.39, 0.29) is 5.91 Å². The highest BCUT2D eigenvalue weighted by atomic mass is 16.4. The summed E-state index contributed by atoms with van der Waals surface area (Å²) in [5.74, 6) is -1.41. The second kappa shape index (κ2) is 5.88. The van der Waals surface area contributed by atoms with Gasteiger partial charge in [0, 0.05) is 6.54 Å². The smallest absolute Gasteiger partial charge is 0.319 e. The molecule has 1 aliphatic rings. The van der Waals surface area contributed by atoms with Crippen molar-refractivity contribution in [3.8, 4) is 11.1 Å². The maximum absolute atomic E-state index is 12.0. The minimum Gasteiger partial charge on any atom is -0.480 e. The molecule has 4 heteroatoms. The first-order valence-electron chi connectivity index (χ1n) is 7.69. The summed E-state index contributed by atoms with van der Waals surface area (Å²) in [6.45, 7) is 2.41. The standard InChI is InChI=1S/C19H19NO3/c1-13-3-2-4-16(11-13)15-7-5-14(6-8-15)12-20-17(21)19(9-10-19)18(22)23/h2-8,11H,9-10,12H2,1H3,(H,20,21)(H,22,23). The number of carbonyl (C=O) groups is 2. The molecule has 3 rings (SSSR count). The highest BCUT2D eigenvalue weighted by molar-refractivity contribution is 6.04. The molecular weight excluding hydrogens is 290 g/mol. The molecule has 2 aromatic rings. The minimum absolute atomic E-state index is 0.349. The van der Waals surface area contributed by atoms with Crippen molar-refractivity contribution in [3.05, 3.63) is 59.7 Å². The zero-order chi connectivity index (χ0) is 16.4. The van der Waals surface area contributed by atoms with E-state index in [4.69, 9.17) is 5.11 Å². The first-order chi connectivity index (χ1) is 11.0. The number of amides is 1. The summed E-state index contributed by atoms with van der Waals surface area (Å²) in [5, 5.41) is 11.8. The number of aryl methyl sites for hydroxylation is 1. The number of nitrogens with one attached hydrogen (secondary N) is 1. The molecule has 0 saturated heterocycles. The van der Waals surface area contributed by atoms with Crippen LogP contribution in [0.5, 0.6) is 0 Å². The first-order valence-corrected chi connectivity index (χ1v) is 7.69. The van der Waals surface area contributed by atoms with Gasteiger partial charge in [0.1, 0.15) is 5.41 Å². The summed E-state index contributed by atoms with van der Waals surface area (Å²) in [4.78, 5) is 23.1. The van der Waals surface area contributed by atoms with Crippen LogP contribution in [0.1, 0.15) is 24.0 Å². The summed E-state index contributed by atoms with van der Waals surface area (Å²) < 4.78 is 0. The van der Waals surface area contributed by atoms with Crippen LogP contribution in [0.3, 0.4) is 0 Å². The lowest BCUT2D eigenvalue weighted by Crippen LogP contribution is -2.36. The van der Waals surface area contributed by atoms with Crippen molar-refractivity contribution in [2.45, 2.75) is 26.3 Å². The lowest BCUT2D eigenvalue weighted by atomic mass is 10.0. The fourth-order valence-corrected chi connectivity index (χ4v) is 2.65. The van der Waals surface area contributed by atoms with E-state index in [1.165, 1.54) is 5.56 Å². The molecule has 0 bridgehead atoms. The fourth-order valence-electron chi connectivity index (χ4n) is 2.65. The van der Waals surface area contributed by atoms with Crippen LogP contribution in [0.4, 0.5) is 0 Å². The van der Waals surface area contributed by atoms with Crippen LogP contribution in [0.2, 0.25) is 0 Å². The average Bonchev–Trinajstić information content (AvgIpc) is 3.35. The quantitative estimate of drug-likeness (QED) is 0.834. The molecule has 2 aromatic carbocycles. The van der Waals surface area contributed by atoms with Gasteiger partial charge in [0.2, 0.25) is 5.91 Å². The van der Waals surface area contributed by atoms with Crippen LogP contribution in [0.25, 0.3) is 11.1 Å². The maximum atomic E-state index is 12.0. The number of hydrogen-bond donors (Lipinski definition) is 2. The Morgan fingerprint density at radius 2 is 1.78 bits per heavy atom. The largest absolute Gasteiger partial charge is 0.480 e. The lowest BCUT2D eigenvalue weighted by molar-refractivity contribution is -0.149. The van der Waals surface area contributed by atoms with Crippen LogP contribution in [-0.4, -0.2) is 17.0 Å². The molecule has 1 amide bonds. The van der Waals surface area contributed by atoms with E-state index in [0.717, 1.165) is 16.7 Å². The van der Waals surface area contributed by atoms with E-state index >= 15 is 0 Å². The number of carbonyl (C=O) groups excluding carboxylic acids is 1. The fraction of sp³-hybridized carbons (Fsp3) is 0.263. The van der Waals surface area contributed by atoms with Gasteiger partial charge in [-0.05, 0) is 36.5 Å². The molecule has 0 radical (unpaired) electrons. The van der Waals surface area contributed by atoms with E-state index < -0.39 is 11.4 Å². The normalized spacial score (nSPS) is 15.0. The molecule has 0 unspecified atom stereocenters. The van der Waals surface area contributed by atoms with Crippen molar-refractivity contribution in [1.82, 2.24) is 5.32 Å². The highest BCUT2D eigenvalue weighted by Gasteiger charge is 2.56. The van der Waals surface area contributed by atoms with Crippen LogP contribution >= 0.6 is 0 Å². The Balaban J connectivity index is 1.64. The Morgan fingerprint density at radius 1 is 1.09 bits per heavy atom. The zero-order valence-electron chi connectivity index (χ0n) is 13.0. The molecule has 1 aliphatic carbocycles. The maximum Gasteiger partial charge on any atom is 0.319 e. The van der Waals surface area contributed by atoms with Crippen LogP contribution in [0.15, 0.2) is 48.5 Å². The SMILES string of the molecule is Cc1cccc(-c2ccc(CNC(=O)C3(C(=O)O)CC3)cc2)c1. The molecule has 1 saturated carbocycles. The zero-order valence-corrected chi connectivity index (χ0v) is 13.0. The molecular formula is C19H19NO3. The number of rotatable bonds is 5. The minimum atomic E-state index is -1.18. The first kappa shape index (κ1) is 15.3. The molecule has 118 valence electrons. The average molecular weight is 309 g/mol. The molecule has 4 nitrogen and oxygen atoms in total. The van der Waals surface area contributed by atoms with Gasteiger partial charge in [-0.3, -0.25) is 9.59 Å². The van der Waals surface area contributed by atoms with Gasteiger partial charge in [-0.2, -0.15) is 0 Å². The number of aliphatic carboxylic acids is 1. The van der Waals surface area contributed by atoms with Gasteiger partial charge in [-0.25, -0.2) is 0 Å². The molecule has 23 heavy (non-hydrogen) atoms. The molecule has 2 N–H and O–H groups in total. The third-order valence-corrected chi connectivity index (χ3v) is 4.35. The summed E-state index contributed by atoms with van der Waals surface area (Å²) in [6.07, 6.45) is 0.862. The second-order valence-corrected chi connectivity index (χ2v) is 6.14. The Labute approximate surface area is 135 Å². The van der Waals surface area contributed by atoms with Crippen LogP contribution in [0, 0.1) is 12.3 Å². The molecule has 0 atom stereocenters. The predicted octanol–water partition coefficient (Wildman–Crippen LogP) is 3.14. The topological polar surface area (TPSA) is 66.4 Å². The van der Waals surface area contributed by atoms with Gasteiger partial charge in [-0.1, -0.05) is 54.1 Å². The molecule has 0 spiro atoms. The van der Waals surface area contributed by atoms with E-state index in [2.05, 4.69) is 30.4 Å². The van der Waals surface area contributed by atoms with Gasteiger partial charge in [0.25, 0.3) is 0 Å². The number of carboxylic acid groups (broad SMARTS) is 1. The van der Waals surface area contributed by atoms with Gasteiger partial charge in [0.05, 0.1) is 0 Å². The lowest BCUT2D eigenvalue weighted by Gasteiger charge is -2.11.